The Hall–Kier alpha value is -0.930. The summed E-state index contributed by atoms with van der Waals surface area (Å²) in [4.78, 5) is 16.8. The van der Waals surface area contributed by atoms with E-state index in [1.54, 1.807) is 22.7 Å². The highest BCUT2D eigenvalue weighted by Crippen LogP contribution is 2.34. The highest BCUT2D eigenvalue weighted by Gasteiger charge is 2.22. The van der Waals surface area contributed by atoms with Crippen molar-refractivity contribution in [1.29, 1.82) is 0 Å². The normalized spacial score (nSPS) is 12.7. The van der Waals surface area contributed by atoms with E-state index in [9.17, 15) is 4.79 Å². The minimum Gasteiger partial charge on any atom is -0.287 e. The number of thiophene rings is 2. The molecule has 2 aromatic heterocycles. The van der Waals surface area contributed by atoms with E-state index in [2.05, 4.69) is 53.7 Å². The molecule has 0 unspecified atom stereocenters. The second-order valence-corrected chi connectivity index (χ2v) is 9.32. The third-order valence-electron chi connectivity index (χ3n) is 3.14. The molecule has 0 fully saturated rings. The van der Waals surface area contributed by atoms with Crippen molar-refractivity contribution in [3.63, 3.8) is 0 Å². The van der Waals surface area contributed by atoms with Crippen LogP contribution in [0, 0.1) is 0 Å². The summed E-state index contributed by atoms with van der Waals surface area (Å²) in [6.07, 6.45) is 0. The highest BCUT2D eigenvalue weighted by atomic mass is 32.1. The van der Waals surface area contributed by atoms with Crippen LogP contribution in [0.3, 0.4) is 0 Å². The number of ketones is 1. The molecular weight excluding hydrogens is 284 g/mol. The van der Waals surface area contributed by atoms with Crippen LogP contribution in [-0.2, 0) is 10.8 Å². The monoisotopic (exact) mass is 306 g/mol. The van der Waals surface area contributed by atoms with Crippen LogP contribution in [0.1, 0.15) is 65.8 Å². The van der Waals surface area contributed by atoms with E-state index in [-0.39, 0.29) is 16.6 Å². The van der Waals surface area contributed by atoms with E-state index >= 15 is 0 Å². The minimum atomic E-state index is 0.106. The molecule has 0 spiro atoms. The van der Waals surface area contributed by atoms with Crippen molar-refractivity contribution in [3.05, 3.63) is 43.8 Å². The van der Waals surface area contributed by atoms with Gasteiger partial charge in [-0.3, -0.25) is 4.79 Å². The Morgan fingerprint density at radius 2 is 1.10 bits per heavy atom. The molecule has 0 aliphatic rings. The van der Waals surface area contributed by atoms with Gasteiger partial charge in [0.25, 0.3) is 0 Å². The SMILES string of the molecule is CC(C)(C)c1ccc(C(=O)c2ccc(C(C)(C)C)s2)s1. The third-order valence-corrected chi connectivity index (χ3v) is 6.16. The third kappa shape index (κ3) is 3.21. The Labute approximate surface area is 129 Å². The standard InChI is InChI=1S/C17H22OS2/c1-16(2,3)13-9-7-11(19-13)15(18)12-8-10-14(20-12)17(4,5)6/h7-10H,1-6H3. The van der Waals surface area contributed by atoms with Crippen LogP contribution in [-0.4, -0.2) is 5.78 Å². The number of carbonyl (C=O) groups excluding carboxylic acids is 1. The molecule has 0 bridgehead atoms. The lowest BCUT2D eigenvalue weighted by atomic mass is 9.95. The summed E-state index contributed by atoms with van der Waals surface area (Å²) in [6, 6.07) is 8.08. The molecule has 1 nitrogen and oxygen atoms in total. The van der Waals surface area contributed by atoms with Gasteiger partial charge in [0.15, 0.2) is 0 Å². The summed E-state index contributed by atoms with van der Waals surface area (Å²) in [6.45, 7) is 13.1. The van der Waals surface area contributed by atoms with Crippen molar-refractivity contribution in [2.45, 2.75) is 52.4 Å². The van der Waals surface area contributed by atoms with Crippen molar-refractivity contribution in [2.75, 3.05) is 0 Å². The van der Waals surface area contributed by atoms with Gasteiger partial charge in [-0.15, -0.1) is 22.7 Å². The van der Waals surface area contributed by atoms with E-state index in [1.165, 1.54) is 9.75 Å². The van der Waals surface area contributed by atoms with E-state index in [4.69, 9.17) is 0 Å². The van der Waals surface area contributed by atoms with Crippen molar-refractivity contribution in [2.24, 2.45) is 0 Å². The van der Waals surface area contributed by atoms with E-state index in [0.717, 1.165) is 9.75 Å². The molecule has 2 aromatic rings. The van der Waals surface area contributed by atoms with Crippen LogP contribution in [0.5, 0.6) is 0 Å². The van der Waals surface area contributed by atoms with E-state index in [1.807, 2.05) is 12.1 Å². The summed E-state index contributed by atoms with van der Waals surface area (Å²) >= 11 is 3.23. The summed E-state index contributed by atoms with van der Waals surface area (Å²) in [5, 5.41) is 0. The van der Waals surface area contributed by atoms with Gasteiger partial charge in [-0.05, 0) is 35.1 Å². The average Bonchev–Trinajstić information content (AvgIpc) is 2.96. The van der Waals surface area contributed by atoms with Crippen LogP contribution in [0.4, 0.5) is 0 Å². The van der Waals surface area contributed by atoms with E-state index in [0.29, 0.717) is 0 Å². The molecule has 0 N–H and O–H groups in total. The summed E-state index contributed by atoms with van der Waals surface area (Å²) < 4.78 is 0. The summed E-state index contributed by atoms with van der Waals surface area (Å²) in [5.41, 5.74) is 0.213. The van der Waals surface area contributed by atoms with Crippen LogP contribution in [0.15, 0.2) is 24.3 Å². The zero-order chi connectivity index (χ0) is 15.1. The predicted octanol–water partition coefficient (Wildman–Crippen LogP) is 5.64. The smallest absolute Gasteiger partial charge is 0.212 e. The molecule has 2 rings (SSSR count). The van der Waals surface area contributed by atoms with Crippen molar-refractivity contribution in [3.8, 4) is 0 Å². The lowest BCUT2D eigenvalue weighted by Crippen LogP contribution is -2.08. The summed E-state index contributed by atoms with van der Waals surface area (Å²) in [7, 11) is 0. The average molecular weight is 306 g/mol. The van der Waals surface area contributed by atoms with Crippen LogP contribution in [0.25, 0.3) is 0 Å². The number of carbonyl (C=O) groups is 1. The zero-order valence-corrected chi connectivity index (χ0v) is 14.7. The summed E-state index contributed by atoms with van der Waals surface area (Å²) in [5.74, 6) is 0.158. The van der Waals surface area contributed by atoms with Gasteiger partial charge in [-0.25, -0.2) is 0 Å². The van der Waals surface area contributed by atoms with Crippen LogP contribution < -0.4 is 0 Å². The first-order valence-corrected chi connectivity index (χ1v) is 8.47. The van der Waals surface area contributed by atoms with Crippen molar-refractivity contribution < 1.29 is 4.79 Å². The zero-order valence-electron chi connectivity index (χ0n) is 13.0. The molecule has 0 aliphatic carbocycles. The van der Waals surface area contributed by atoms with Gasteiger partial charge in [-0.1, -0.05) is 41.5 Å². The topological polar surface area (TPSA) is 17.1 Å². The number of hydrogen-bond acceptors (Lipinski definition) is 3. The quantitative estimate of drug-likeness (QED) is 0.657. The Morgan fingerprint density at radius 3 is 1.35 bits per heavy atom. The highest BCUT2D eigenvalue weighted by molar-refractivity contribution is 7.17. The van der Waals surface area contributed by atoms with E-state index < -0.39 is 0 Å². The number of rotatable bonds is 2. The Balaban J connectivity index is 2.28. The van der Waals surface area contributed by atoms with Gasteiger partial charge in [0.05, 0.1) is 9.75 Å². The fourth-order valence-corrected chi connectivity index (χ4v) is 3.95. The van der Waals surface area contributed by atoms with Crippen molar-refractivity contribution >= 4 is 28.5 Å². The van der Waals surface area contributed by atoms with Crippen LogP contribution >= 0.6 is 22.7 Å². The van der Waals surface area contributed by atoms with Gasteiger partial charge < -0.3 is 0 Å². The maximum Gasteiger partial charge on any atom is 0.212 e. The lowest BCUT2D eigenvalue weighted by molar-refractivity contribution is 0.104. The fourth-order valence-electron chi connectivity index (χ4n) is 1.85. The van der Waals surface area contributed by atoms with Gasteiger partial charge in [0.1, 0.15) is 0 Å². The Morgan fingerprint density at radius 1 is 0.750 bits per heavy atom. The van der Waals surface area contributed by atoms with Crippen LogP contribution in [0.2, 0.25) is 0 Å². The second kappa shape index (κ2) is 5.12. The molecule has 2 heterocycles. The minimum absolute atomic E-state index is 0.106. The number of hydrogen-bond donors (Lipinski definition) is 0. The molecule has 0 radical (unpaired) electrons. The van der Waals surface area contributed by atoms with Gasteiger partial charge >= 0.3 is 0 Å². The largest absolute Gasteiger partial charge is 0.287 e. The molecule has 0 amide bonds. The first-order chi connectivity index (χ1) is 9.09. The molecule has 0 saturated heterocycles. The molecule has 20 heavy (non-hydrogen) atoms. The first-order valence-electron chi connectivity index (χ1n) is 6.84. The molecule has 0 atom stereocenters. The Bertz CT molecular complexity index is 564. The Kier molecular flexibility index (Phi) is 3.96. The maximum atomic E-state index is 12.5. The molecular formula is C17H22OS2. The first kappa shape index (κ1) is 15.5. The lowest BCUT2D eigenvalue weighted by Gasteiger charge is -2.15. The molecule has 3 heteroatoms. The predicted molar refractivity (Wildman–Crippen MR) is 89.5 cm³/mol. The molecule has 0 aliphatic heterocycles. The maximum absolute atomic E-state index is 12.5. The second-order valence-electron chi connectivity index (χ2n) is 7.16. The van der Waals surface area contributed by atoms with Gasteiger partial charge in [-0.2, -0.15) is 0 Å². The molecule has 108 valence electrons. The molecule has 0 aromatic carbocycles. The van der Waals surface area contributed by atoms with Crippen molar-refractivity contribution in [1.82, 2.24) is 0 Å². The fraction of sp³-hybridized carbons (Fsp3) is 0.471. The van der Waals surface area contributed by atoms with Gasteiger partial charge in [0.2, 0.25) is 5.78 Å². The van der Waals surface area contributed by atoms with Gasteiger partial charge in [0, 0.05) is 9.75 Å². The molecule has 0 saturated carbocycles.